The molecule has 0 saturated carbocycles. The lowest BCUT2D eigenvalue weighted by Gasteiger charge is -2.07. The van der Waals surface area contributed by atoms with E-state index < -0.39 is 0 Å². The summed E-state index contributed by atoms with van der Waals surface area (Å²) >= 11 is 9.11. The van der Waals surface area contributed by atoms with Gasteiger partial charge in [0, 0.05) is 15.7 Å². The molecule has 2 rings (SSSR count). The predicted molar refractivity (Wildman–Crippen MR) is 96.8 cm³/mol. The second-order valence-electron chi connectivity index (χ2n) is 4.24. The molecular weight excluding hydrogens is 334 g/mol. The van der Waals surface area contributed by atoms with Crippen LogP contribution in [-0.4, -0.2) is 11.4 Å². The molecule has 22 heavy (non-hydrogen) atoms. The largest absolute Gasteiger partial charge is 0.271 e. The zero-order valence-corrected chi connectivity index (χ0v) is 14.3. The molecule has 2 aromatic carbocycles. The van der Waals surface area contributed by atoms with E-state index in [0.717, 1.165) is 26.9 Å². The molecule has 1 N–H and O–H groups in total. The molecule has 3 nitrogen and oxygen atoms in total. The number of amidine groups is 1. The Balaban J connectivity index is 2.16. The number of thioether (sulfide) groups is 2. The van der Waals surface area contributed by atoms with Gasteiger partial charge in [-0.15, -0.1) is 11.8 Å². The fraction of sp³-hybridized carbons (Fsp3) is 0.125. The molecule has 0 aliphatic carbocycles. The van der Waals surface area contributed by atoms with Gasteiger partial charge >= 0.3 is 0 Å². The minimum Gasteiger partial charge on any atom is -0.271 e. The summed E-state index contributed by atoms with van der Waals surface area (Å²) in [6.07, 6.45) is 3.78. The van der Waals surface area contributed by atoms with Crippen molar-refractivity contribution in [2.24, 2.45) is 4.99 Å². The number of hydrogen-bond donors (Lipinski definition) is 1. The standard InChI is InChI=1S/C16H14ClN3S2/c1-21-16(19-11-18)20-14-7-2-3-8-15(14)22-10-12-5-4-6-13(17)9-12/h2-9H,10H2,1H3,(H,19,20). The Morgan fingerprint density at radius 3 is 2.82 bits per heavy atom. The first-order valence-corrected chi connectivity index (χ1v) is 9.06. The molecular formula is C16H14ClN3S2. The predicted octanol–water partition coefficient (Wildman–Crippen LogP) is 5.05. The van der Waals surface area contributed by atoms with Crippen LogP contribution in [0.25, 0.3) is 0 Å². The Morgan fingerprint density at radius 2 is 2.09 bits per heavy atom. The maximum absolute atomic E-state index is 8.72. The number of hydrogen-bond acceptors (Lipinski definition) is 4. The van der Waals surface area contributed by atoms with E-state index in [1.165, 1.54) is 11.8 Å². The molecule has 0 bridgehead atoms. The van der Waals surface area contributed by atoms with Crippen molar-refractivity contribution in [3.63, 3.8) is 0 Å². The van der Waals surface area contributed by atoms with Gasteiger partial charge in [-0.1, -0.05) is 47.6 Å². The van der Waals surface area contributed by atoms with Gasteiger partial charge in [0.15, 0.2) is 11.4 Å². The van der Waals surface area contributed by atoms with E-state index in [4.69, 9.17) is 16.9 Å². The van der Waals surface area contributed by atoms with Crippen LogP contribution in [0.3, 0.4) is 0 Å². The molecule has 0 saturated heterocycles. The first-order valence-electron chi connectivity index (χ1n) is 6.47. The van der Waals surface area contributed by atoms with Crippen LogP contribution in [-0.2, 0) is 5.75 Å². The van der Waals surface area contributed by atoms with Crippen molar-refractivity contribution in [3.8, 4) is 6.19 Å². The normalized spacial score (nSPS) is 11.0. The topological polar surface area (TPSA) is 48.2 Å². The zero-order chi connectivity index (χ0) is 15.8. The Labute approximate surface area is 143 Å². The third kappa shape index (κ3) is 4.99. The van der Waals surface area contributed by atoms with E-state index in [1.54, 1.807) is 11.8 Å². The van der Waals surface area contributed by atoms with Gasteiger partial charge in [0.25, 0.3) is 0 Å². The maximum atomic E-state index is 8.72. The highest BCUT2D eigenvalue weighted by Gasteiger charge is 2.04. The lowest BCUT2D eigenvalue weighted by atomic mass is 10.2. The zero-order valence-electron chi connectivity index (χ0n) is 11.9. The van der Waals surface area contributed by atoms with Gasteiger partial charge in [-0.25, -0.2) is 4.99 Å². The summed E-state index contributed by atoms with van der Waals surface area (Å²) in [4.78, 5) is 5.56. The number of nitrogens with one attached hydrogen (secondary N) is 1. The van der Waals surface area contributed by atoms with E-state index in [9.17, 15) is 0 Å². The summed E-state index contributed by atoms with van der Waals surface area (Å²) < 4.78 is 0. The van der Waals surface area contributed by atoms with Crippen LogP contribution < -0.4 is 5.32 Å². The smallest absolute Gasteiger partial charge is 0.183 e. The van der Waals surface area contributed by atoms with E-state index in [-0.39, 0.29) is 0 Å². The third-order valence-corrected chi connectivity index (χ3v) is 4.68. The van der Waals surface area contributed by atoms with Gasteiger partial charge in [0.1, 0.15) is 0 Å². The molecule has 0 radical (unpaired) electrons. The number of benzene rings is 2. The lowest BCUT2D eigenvalue weighted by molar-refractivity contribution is 1.26. The van der Waals surface area contributed by atoms with Crippen LogP contribution >= 0.6 is 35.1 Å². The van der Waals surface area contributed by atoms with Crippen molar-refractivity contribution in [1.82, 2.24) is 5.32 Å². The molecule has 0 amide bonds. The molecule has 0 atom stereocenters. The van der Waals surface area contributed by atoms with Crippen LogP contribution in [0, 0.1) is 11.5 Å². The van der Waals surface area contributed by atoms with Crippen molar-refractivity contribution in [1.29, 1.82) is 5.26 Å². The van der Waals surface area contributed by atoms with Gasteiger partial charge in [-0.2, -0.15) is 5.26 Å². The van der Waals surface area contributed by atoms with Crippen molar-refractivity contribution in [3.05, 3.63) is 59.1 Å². The highest BCUT2D eigenvalue weighted by molar-refractivity contribution is 8.13. The van der Waals surface area contributed by atoms with E-state index in [2.05, 4.69) is 16.4 Å². The number of nitrogens with zero attached hydrogens (tertiary/aromatic N) is 2. The first-order chi connectivity index (χ1) is 10.7. The highest BCUT2D eigenvalue weighted by Crippen LogP contribution is 2.32. The summed E-state index contributed by atoms with van der Waals surface area (Å²) in [6, 6.07) is 15.7. The molecule has 0 unspecified atom stereocenters. The average molecular weight is 348 g/mol. The van der Waals surface area contributed by atoms with Crippen LogP contribution in [0.4, 0.5) is 5.69 Å². The monoisotopic (exact) mass is 347 g/mol. The second kappa shape index (κ2) is 8.74. The molecule has 6 heteroatoms. The number of rotatable bonds is 4. The molecule has 0 spiro atoms. The van der Waals surface area contributed by atoms with Crippen molar-refractivity contribution < 1.29 is 0 Å². The maximum Gasteiger partial charge on any atom is 0.183 e. The number of halogens is 1. The first kappa shape index (κ1) is 16.8. The van der Waals surface area contributed by atoms with Crippen LogP contribution in [0.5, 0.6) is 0 Å². The van der Waals surface area contributed by atoms with Gasteiger partial charge in [0.2, 0.25) is 0 Å². The average Bonchev–Trinajstić information content (AvgIpc) is 2.53. The molecule has 2 aromatic rings. The minimum absolute atomic E-state index is 0.582. The van der Waals surface area contributed by atoms with Gasteiger partial charge in [-0.3, -0.25) is 5.32 Å². The second-order valence-corrected chi connectivity index (χ2v) is 6.49. The summed E-state index contributed by atoms with van der Waals surface area (Å²) in [5.74, 6) is 0.813. The summed E-state index contributed by atoms with van der Waals surface area (Å²) in [5, 5.41) is 12.6. The van der Waals surface area contributed by atoms with Crippen LogP contribution in [0.15, 0.2) is 58.4 Å². The fourth-order valence-corrected chi connectivity index (χ4v) is 3.23. The van der Waals surface area contributed by atoms with Crippen LogP contribution in [0.2, 0.25) is 5.02 Å². The molecule has 0 aromatic heterocycles. The van der Waals surface area contributed by atoms with Gasteiger partial charge in [0.05, 0.1) is 5.69 Å². The van der Waals surface area contributed by atoms with Gasteiger partial charge < -0.3 is 0 Å². The number of nitriles is 1. The van der Waals surface area contributed by atoms with Crippen molar-refractivity contribution >= 4 is 46.0 Å². The third-order valence-electron chi connectivity index (χ3n) is 2.73. The minimum atomic E-state index is 0.582. The van der Waals surface area contributed by atoms with Crippen LogP contribution in [0.1, 0.15) is 5.56 Å². The fourth-order valence-electron chi connectivity index (χ4n) is 1.74. The quantitative estimate of drug-likeness (QED) is 0.276. The molecule has 0 heterocycles. The highest BCUT2D eigenvalue weighted by atomic mass is 35.5. The number of aliphatic imine (C=N–C) groups is 1. The summed E-state index contributed by atoms with van der Waals surface area (Å²) in [5.41, 5.74) is 2.01. The molecule has 112 valence electrons. The van der Waals surface area contributed by atoms with Gasteiger partial charge in [-0.05, 0) is 36.1 Å². The molecule has 0 aliphatic heterocycles. The Morgan fingerprint density at radius 1 is 1.27 bits per heavy atom. The molecule has 0 aliphatic rings. The van der Waals surface area contributed by atoms with Crippen molar-refractivity contribution in [2.75, 3.05) is 6.26 Å². The van der Waals surface area contributed by atoms with E-state index in [0.29, 0.717) is 5.17 Å². The van der Waals surface area contributed by atoms with E-state index >= 15 is 0 Å². The summed E-state index contributed by atoms with van der Waals surface area (Å²) in [7, 11) is 0. The van der Waals surface area contributed by atoms with E-state index in [1.807, 2.05) is 54.9 Å². The summed E-state index contributed by atoms with van der Waals surface area (Å²) in [6.45, 7) is 0. The number of para-hydroxylation sites is 1. The SMILES string of the molecule is CSC(=Nc1ccccc1SCc1cccc(Cl)c1)NC#N. The lowest BCUT2D eigenvalue weighted by Crippen LogP contribution is -2.12. The Bertz CT molecular complexity index is 711. The Kier molecular flexibility index (Phi) is 6.66. The van der Waals surface area contributed by atoms with Crippen molar-refractivity contribution in [2.45, 2.75) is 10.6 Å². The Hall–Kier alpha value is -1.61. The molecule has 0 fully saturated rings.